The Morgan fingerprint density at radius 1 is 0.500 bits per heavy atom. The molecule has 0 heterocycles. The molecule has 0 spiro atoms. The van der Waals surface area contributed by atoms with E-state index in [1.165, 1.54) is 0 Å². The number of benzene rings is 2. The van der Waals surface area contributed by atoms with Crippen molar-refractivity contribution < 1.29 is 36.6 Å². The van der Waals surface area contributed by atoms with Gasteiger partial charge in [-0.1, -0.05) is 0 Å². The van der Waals surface area contributed by atoms with E-state index in [-0.39, 0.29) is 0 Å². The zero-order valence-electron chi connectivity index (χ0n) is 9.58. The highest BCUT2D eigenvalue weighted by molar-refractivity contribution is 5.87. The lowest BCUT2D eigenvalue weighted by Gasteiger charge is -2.12. The molecule has 0 aliphatic carbocycles. The fraction of sp³-hybridized carbons (Fsp3) is 0.167. The van der Waals surface area contributed by atoms with Gasteiger partial charge in [0.15, 0.2) is 23.3 Å². The van der Waals surface area contributed by atoms with Crippen LogP contribution < -0.4 is 0 Å². The number of aliphatic hydroxyl groups excluding tert-OH is 2. The van der Waals surface area contributed by atoms with Crippen LogP contribution in [0.15, 0.2) is 0 Å². The Labute approximate surface area is 107 Å². The van der Waals surface area contributed by atoms with Gasteiger partial charge in [0.05, 0.1) is 35.1 Å². The number of fused-ring (bicyclic) bond motifs is 1. The molecule has 0 amide bonds. The van der Waals surface area contributed by atoms with Gasteiger partial charge in [0.2, 0.25) is 0 Å². The normalized spacial score (nSPS) is 11.4. The van der Waals surface area contributed by atoms with E-state index in [4.69, 9.17) is 10.2 Å². The summed E-state index contributed by atoms with van der Waals surface area (Å²) in [5.74, 6) is -11.4. The number of aliphatic hydroxyl groups is 2. The van der Waals surface area contributed by atoms with Crippen LogP contribution in [0.4, 0.5) is 26.3 Å². The molecule has 0 saturated heterocycles. The largest absolute Gasteiger partial charge is 0.391 e. The van der Waals surface area contributed by atoms with Crippen molar-refractivity contribution in [1.29, 1.82) is 0 Å². The lowest BCUT2D eigenvalue weighted by atomic mass is 10.00. The van der Waals surface area contributed by atoms with E-state index in [1.54, 1.807) is 0 Å². The highest BCUT2D eigenvalue weighted by Crippen LogP contribution is 2.34. The Morgan fingerprint density at radius 3 is 1.10 bits per heavy atom. The summed E-state index contributed by atoms with van der Waals surface area (Å²) < 4.78 is 81.6. The average molecular weight is 296 g/mol. The van der Waals surface area contributed by atoms with E-state index >= 15 is 0 Å². The molecule has 0 aliphatic heterocycles. The minimum Gasteiger partial charge on any atom is -0.391 e. The van der Waals surface area contributed by atoms with Crippen molar-refractivity contribution in [2.75, 3.05) is 0 Å². The zero-order valence-corrected chi connectivity index (χ0v) is 9.58. The number of rotatable bonds is 2. The molecule has 0 aliphatic rings. The molecular formula is C12H6F6O2. The van der Waals surface area contributed by atoms with Crippen LogP contribution in [0, 0.1) is 34.9 Å². The summed E-state index contributed by atoms with van der Waals surface area (Å²) in [5, 5.41) is 14.6. The second-order valence-corrected chi connectivity index (χ2v) is 3.91. The fourth-order valence-electron chi connectivity index (χ4n) is 1.89. The van der Waals surface area contributed by atoms with Crippen LogP contribution in [0.25, 0.3) is 10.8 Å². The van der Waals surface area contributed by atoms with E-state index in [0.717, 1.165) is 0 Å². The molecule has 0 fully saturated rings. The third kappa shape index (κ3) is 1.75. The first-order valence-corrected chi connectivity index (χ1v) is 5.22. The van der Waals surface area contributed by atoms with Gasteiger partial charge < -0.3 is 10.2 Å². The first-order valence-electron chi connectivity index (χ1n) is 5.22. The second-order valence-electron chi connectivity index (χ2n) is 3.91. The molecule has 2 N–H and O–H groups in total. The number of hydrogen-bond donors (Lipinski definition) is 2. The second kappa shape index (κ2) is 4.95. The molecule has 0 saturated carbocycles. The minimum absolute atomic E-state index is 1.22. The summed E-state index contributed by atoms with van der Waals surface area (Å²) in [6.07, 6.45) is 0. The monoisotopic (exact) mass is 296 g/mol. The molecule has 0 unspecified atom stereocenters. The third-order valence-corrected chi connectivity index (χ3v) is 2.89. The van der Waals surface area contributed by atoms with Crippen molar-refractivity contribution in [1.82, 2.24) is 0 Å². The lowest BCUT2D eigenvalue weighted by Crippen LogP contribution is -2.08. The van der Waals surface area contributed by atoms with E-state index in [2.05, 4.69) is 0 Å². The third-order valence-electron chi connectivity index (χ3n) is 2.89. The van der Waals surface area contributed by atoms with Gasteiger partial charge in [-0.25, -0.2) is 26.3 Å². The topological polar surface area (TPSA) is 40.5 Å². The van der Waals surface area contributed by atoms with Crippen molar-refractivity contribution in [3.8, 4) is 0 Å². The summed E-state index contributed by atoms with van der Waals surface area (Å²) in [4.78, 5) is 0. The molecule has 2 rings (SSSR count). The van der Waals surface area contributed by atoms with Crippen LogP contribution in [0.2, 0.25) is 0 Å². The fourth-order valence-corrected chi connectivity index (χ4v) is 1.89. The zero-order chi connectivity index (χ0) is 15.2. The van der Waals surface area contributed by atoms with Crippen molar-refractivity contribution in [3.63, 3.8) is 0 Å². The first kappa shape index (κ1) is 14.6. The Bertz CT molecular complexity index is 657. The molecule has 108 valence electrons. The minimum atomic E-state index is -2.02. The quantitative estimate of drug-likeness (QED) is 0.661. The molecule has 2 aromatic carbocycles. The highest BCUT2D eigenvalue weighted by atomic mass is 19.2. The first-order chi connectivity index (χ1) is 9.36. The van der Waals surface area contributed by atoms with Gasteiger partial charge in [0.25, 0.3) is 0 Å². The average Bonchev–Trinajstić information content (AvgIpc) is 2.41. The van der Waals surface area contributed by atoms with Gasteiger partial charge in [-0.15, -0.1) is 0 Å². The van der Waals surface area contributed by atoms with Crippen molar-refractivity contribution in [3.05, 3.63) is 46.0 Å². The van der Waals surface area contributed by atoms with E-state index in [9.17, 15) is 26.3 Å². The van der Waals surface area contributed by atoms with Crippen molar-refractivity contribution in [2.24, 2.45) is 0 Å². The van der Waals surface area contributed by atoms with Crippen LogP contribution >= 0.6 is 0 Å². The van der Waals surface area contributed by atoms with Crippen LogP contribution in [0.5, 0.6) is 0 Å². The van der Waals surface area contributed by atoms with Crippen LogP contribution in [0.3, 0.4) is 0 Å². The van der Waals surface area contributed by atoms with E-state index < -0.39 is 70.0 Å². The summed E-state index contributed by atoms with van der Waals surface area (Å²) >= 11 is 0. The Kier molecular flexibility index (Phi) is 3.61. The standard InChI is InChI=1S/C12H6F6O2/c13-7-3(1-19)9(15)11(17)6-5(7)8(14)4(2-20)10(16)12(6)18/h19-20H,1-2H2. The molecule has 20 heavy (non-hydrogen) atoms. The highest BCUT2D eigenvalue weighted by Gasteiger charge is 2.29. The van der Waals surface area contributed by atoms with Crippen molar-refractivity contribution in [2.45, 2.75) is 13.2 Å². The van der Waals surface area contributed by atoms with Gasteiger partial charge in [0.1, 0.15) is 11.6 Å². The Morgan fingerprint density at radius 2 is 0.800 bits per heavy atom. The Balaban J connectivity index is 3.15. The van der Waals surface area contributed by atoms with Gasteiger partial charge in [-0.3, -0.25) is 0 Å². The maximum atomic E-state index is 13.8. The summed E-state index contributed by atoms with van der Waals surface area (Å²) in [6.45, 7) is -2.62. The van der Waals surface area contributed by atoms with Crippen LogP contribution in [-0.4, -0.2) is 10.2 Å². The molecule has 2 nitrogen and oxygen atoms in total. The molecule has 8 heteroatoms. The molecule has 0 radical (unpaired) electrons. The maximum Gasteiger partial charge on any atom is 0.170 e. The van der Waals surface area contributed by atoms with Crippen LogP contribution in [0.1, 0.15) is 11.1 Å². The van der Waals surface area contributed by atoms with Gasteiger partial charge in [-0.05, 0) is 0 Å². The Hall–Kier alpha value is -1.80. The summed E-state index contributed by atoms with van der Waals surface area (Å²) in [5.41, 5.74) is -2.44. The van der Waals surface area contributed by atoms with E-state index in [1.807, 2.05) is 0 Å². The number of halogens is 6. The molecule has 2 aromatic rings. The molecule has 0 aromatic heterocycles. The lowest BCUT2D eigenvalue weighted by molar-refractivity contribution is 0.264. The molecular weight excluding hydrogens is 290 g/mol. The molecule has 0 bridgehead atoms. The predicted molar refractivity (Wildman–Crippen MR) is 55.5 cm³/mol. The smallest absolute Gasteiger partial charge is 0.170 e. The predicted octanol–water partition coefficient (Wildman–Crippen LogP) is 2.66. The summed E-state index contributed by atoms with van der Waals surface area (Å²) in [7, 11) is 0. The SMILES string of the molecule is OCc1c(F)c(F)c2c(F)c(F)c(CO)c(F)c2c1F. The van der Waals surface area contributed by atoms with E-state index in [0.29, 0.717) is 0 Å². The number of hydrogen-bond acceptors (Lipinski definition) is 2. The summed E-state index contributed by atoms with van der Waals surface area (Å²) in [6, 6.07) is 0. The van der Waals surface area contributed by atoms with Gasteiger partial charge in [0, 0.05) is 0 Å². The van der Waals surface area contributed by atoms with Gasteiger partial charge in [-0.2, -0.15) is 0 Å². The molecule has 0 atom stereocenters. The van der Waals surface area contributed by atoms with Crippen LogP contribution in [-0.2, 0) is 13.2 Å². The maximum absolute atomic E-state index is 13.8. The van der Waals surface area contributed by atoms with Crippen molar-refractivity contribution >= 4 is 10.8 Å². The van der Waals surface area contributed by atoms with Gasteiger partial charge >= 0.3 is 0 Å².